The van der Waals surface area contributed by atoms with Gasteiger partial charge in [-0.05, 0) is 74.6 Å². The molecule has 0 bridgehead atoms. The third-order valence-electron chi connectivity index (χ3n) is 8.14. The van der Waals surface area contributed by atoms with E-state index >= 15 is 0 Å². The summed E-state index contributed by atoms with van der Waals surface area (Å²) in [5.74, 6) is -1.33. The van der Waals surface area contributed by atoms with Gasteiger partial charge in [-0.25, -0.2) is 0 Å². The van der Waals surface area contributed by atoms with Crippen LogP contribution in [0.5, 0.6) is 11.5 Å². The van der Waals surface area contributed by atoms with E-state index in [1.165, 1.54) is 17.0 Å². The number of hydrogen-bond acceptors (Lipinski definition) is 6. The molecule has 2 aliphatic heterocycles. The first-order chi connectivity index (χ1) is 18.1. The van der Waals surface area contributed by atoms with Crippen LogP contribution in [-0.4, -0.2) is 59.8 Å². The fourth-order valence-corrected chi connectivity index (χ4v) is 6.20. The summed E-state index contributed by atoms with van der Waals surface area (Å²) in [6.07, 6.45) is 0.597. The van der Waals surface area contributed by atoms with Crippen molar-refractivity contribution in [3.63, 3.8) is 0 Å². The number of nitriles is 1. The number of hydrogen-bond donors (Lipinski definition) is 2. The summed E-state index contributed by atoms with van der Waals surface area (Å²) in [5, 5.41) is 15.5. The highest BCUT2D eigenvalue weighted by atomic mass is 19.4. The lowest BCUT2D eigenvalue weighted by atomic mass is 9.92. The van der Waals surface area contributed by atoms with Crippen LogP contribution in [0.3, 0.4) is 0 Å². The molecule has 2 saturated carbocycles. The molecule has 1 spiro atoms. The topological polar surface area (TPSA) is 121 Å². The van der Waals surface area contributed by atoms with E-state index in [9.17, 15) is 32.8 Å². The number of halogens is 3. The Morgan fingerprint density at radius 3 is 2.55 bits per heavy atom. The molecule has 0 aromatic heterocycles. The SMILES string of the molecule is N#C[C@H](C[C@@H]1CC2(CC2)NC1=O)NC(=O)C1[C@H]2CCC[C@H]2CN1C(=O)COc1ccc(OC(F)(F)F)cc1. The monoisotopic (exact) mass is 534 g/mol. The van der Waals surface area contributed by atoms with E-state index in [2.05, 4.69) is 21.4 Å². The minimum absolute atomic E-state index is 0.0263. The molecule has 12 heteroatoms. The predicted molar refractivity (Wildman–Crippen MR) is 125 cm³/mol. The average Bonchev–Trinajstić information content (AvgIpc) is 3.15. The van der Waals surface area contributed by atoms with Crippen LogP contribution in [0.1, 0.15) is 44.9 Å². The number of benzene rings is 1. The third kappa shape index (κ3) is 5.66. The number of carbonyl (C=O) groups excluding carboxylic acids is 3. The van der Waals surface area contributed by atoms with Gasteiger partial charge in [0.2, 0.25) is 11.8 Å². The fourth-order valence-electron chi connectivity index (χ4n) is 6.20. The maximum Gasteiger partial charge on any atom is 0.573 e. The summed E-state index contributed by atoms with van der Waals surface area (Å²) in [7, 11) is 0. The number of alkyl halides is 3. The van der Waals surface area contributed by atoms with E-state index in [0.717, 1.165) is 44.2 Å². The van der Waals surface area contributed by atoms with E-state index < -0.39 is 42.6 Å². The van der Waals surface area contributed by atoms with Crippen molar-refractivity contribution in [3.05, 3.63) is 24.3 Å². The van der Waals surface area contributed by atoms with Crippen molar-refractivity contribution in [2.75, 3.05) is 13.2 Å². The summed E-state index contributed by atoms with van der Waals surface area (Å²) >= 11 is 0. The van der Waals surface area contributed by atoms with E-state index in [-0.39, 0.29) is 41.4 Å². The second-order valence-electron chi connectivity index (χ2n) is 10.8. The average molecular weight is 535 g/mol. The number of nitrogens with zero attached hydrogens (tertiary/aromatic N) is 2. The lowest BCUT2D eigenvalue weighted by molar-refractivity contribution is -0.274. The van der Waals surface area contributed by atoms with Gasteiger partial charge in [-0.3, -0.25) is 14.4 Å². The molecule has 1 aromatic carbocycles. The number of likely N-dealkylation sites (tertiary alicyclic amines) is 1. The van der Waals surface area contributed by atoms with Crippen LogP contribution >= 0.6 is 0 Å². The van der Waals surface area contributed by atoms with Crippen LogP contribution in [0.15, 0.2) is 24.3 Å². The highest BCUT2D eigenvalue weighted by molar-refractivity contribution is 5.90. The van der Waals surface area contributed by atoms with Crippen molar-refractivity contribution < 1.29 is 37.0 Å². The van der Waals surface area contributed by atoms with Crippen molar-refractivity contribution in [2.45, 2.75) is 68.9 Å². The van der Waals surface area contributed by atoms with Gasteiger partial charge in [0.15, 0.2) is 6.61 Å². The molecule has 4 aliphatic rings. The molecular weight excluding hydrogens is 505 g/mol. The van der Waals surface area contributed by atoms with Gasteiger partial charge < -0.3 is 25.0 Å². The van der Waals surface area contributed by atoms with Gasteiger partial charge in [0.1, 0.15) is 23.6 Å². The second-order valence-corrected chi connectivity index (χ2v) is 10.8. The number of rotatable bonds is 8. The quantitative estimate of drug-likeness (QED) is 0.529. The standard InChI is InChI=1S/C26H29F3N4O5/c27-26(28,29)38-19-6-4-18(5-7-19)37-14-21(34)33-13-15-2-1-3-20(15)22(33)24(36)31-17(12-30)10-16-11-25(8-9-25)32-23(16)35/h4-7,15-17,20,22H,1-3,8-11,13-14H2,(H,31,36)(H,32,35)/t15-,16+,17-,20-,22?/m0/s1. The Bertz CT molecular complexity index is 1130. The molecule has 5 rings (SSSR count). The Hall–Kier alpha value is -3.49. The zero-order chi connectivity index (χ0) is 27.1. The molecule has 1 unspecified atom stereocenters. The Morgan fingerprint density at radius 1 is 1.21 bits per heavy atom. The first-order valence-corrected chi connectivity index (χ1v) is 12.9. The molecular formula is C26H29F3N4O5. The highest BCUT2D eigenvalue weighted by Gasteiger charge is 2.53. The Labute approximate surface area is 217 Å². The lowest BCUT2D eigenvalue weighted by Gasteiger charge is -2.28. The molecule has 2 N–H and O–H groups in total. The maximum absolute atomic E-state index is 13.4. The zero-order valence-electron chi connectivity index (χ0n) is 20.6. The van der Waals surface area contributed by atoms with Gasteiger partial charge in [-0.1, -0.05) is 6.42 Å². The fraction of sp³-hybridized carbons (Fsp3) is 0.615. The summed E-state index contributed by atoms with van der Waals surface area (Å²) in [4.78, 5) is 40.3. The maximum atomic E-state index is 13.4. The van der Waals surface area contributed by atoms with Crippen LogP contribution in [0.25, 0.3) is 0 Å². The van der Waals surface area contributed by atoms with Gasteiger partial charge in [-0.2, -0.15) is 5.26 Å². The van der Waals surface area contributed by atoms with Crippen LogP contribution in [-0.2, 0) is 14.4 Å². The summed E-state index contributed by atoms with van der Waals surface area (Å²) in [6, 6.07) is 5.20. The van der Waals surface area contributed by atoms with Gasteiger partial charge >= 0.3 is 6.36 Å². The first kappa shape index (κ1) is 26.1. The van der Waals surface area contributed by atoms with Gasteiger partial charge in [0, 0.05) is 18.0 Å². The number of fused-ring (bicyclic) bond motifs is 1. The largest absolute Gasteiger partial charge is 0.573 e. The number of amides is 3. The molecule has 204 valence electrons. The van der Waals surface area contributed by atoms with E-state index in [1.54, 1.807) is 0 Å². The van der Waals surface area contributed by atoms with E-state index in [0.29, 0.717) is 13.0 Å². The van der Waals surface area contributed by atoms with Crippen molar-refractivity contribution >= 4 is 17.7 Å². The third-order valence-corrected chi connectivity index (χ3v) is 8.14. The zero-order valence-corrected chi connectivity index (χ0v) is 20.6. The number of ether oxygens (including phenoxy) is 2. The second kappa shape index (κ2) is 10.0. The molecule has 2 aliphatic carbocycles. The van der Waals surface area contributed by atoms with Crippen molar-refractivity contribution in [1.29, 1.82) is 5.26 Å². The van der Waals surface area contributed by atoms with Crippen molar-refractivity contribution in [3.8, 4) is 17.6 Å². The lowest BCUT2D eigenvalue weighted by Crippen LogP contribution is -2.52. The molecule has 2 saturated heterocycles. The highest BCUT2D eigenvalue weighted by Crippen LogP contribution is 2.46. The van der Waals surface area contributed by atoms with E-state index in [1.807, 2.05) is 0 Å². The molecule has 1 aromatic rings. The first-order valence-electron chi connectivity index (χ1n) is 12.9. The number of carbonyl (C=O) groups is 3. The van der Waals surface area contributed by atoms with Gasteiger partial charge in [0.05, 0.1) is 6.07 Å². The molecule has 0 radical (unpaired) electrons. The minimum atomic E-state index is -4.81. The smallest absolute Gasteiger partial charge is 0.484 e. The Balaban J connectivity index is 1.20. The van der Waals surface area contributed by atoms with Crippen molar-refractivity contribution in [1.82, 2.24) is 15.5 Å². The molecule has 38 heavy (non-hydrogen) atoms. The van der Waals surface area contributed by atoms with Crippen LogP contribution in [0.2, 0.25) is 0 Å². The molecule has 3 amide bonds. The van der Waals surface area contributed by atoms with Crippen LogP contribution < -0.4 is 20.1 Å². The van der Waals surface area contributed by atoms with Gasteiger partial charge in [0.25, 0.3) is 5.91 Å². The van der Waals surface area contributed by atoms with E-state index in [4.69, 9.17) is 4.74 Å². The molecule has 4 fully saturated rings. The minimum Gasteiger partial charge on any atom is -0.484 e. The van der Waals surface area contributed by atoms with Crippen molar-refractivity contribution in [2.24, 2.45) is 17.8 Å². The van der Waals surface area contributed by atoms with Gasteiger partial charge in [-0.15, -0.1) is 13.2 Å². The van der Waals surface area contributed by atoms with Crippen LogP contribution in [0.4, 0.5) is 13.2 Å². The molecule has 2 heterocycles. The predicted octanol–water partition coefficient (Wildman–Crippen LogP) is 2.66. The normalized spacial score (nSPS) is 27.8. The summed E-state index contributed by atoms with van der Waals surface area (Å²) in [6.45, 7) is 0.00276. The Morgan fingerprint density at radius 2 is 1.92 bits per heavy atom. The molecule has 9 nitrogen and oxygen atoms in total. The number of nitrogens with one attached hydrogen (secondary N) is 2. The Kier molecular flexibility index (Phi) is 6.88. The summed E-state index contributed by atoms with van der Waals surface area (Å²) in [5.41, 5.74) is -0.122. The van der Waals surface area contributed by atoms with Crippen LogP contribution in [0, 0.1) is 29.1 Å². The summed E-state index contributed by atoms with van der Waals surface area (Å²) < 4.78 is 46.4. The molecule has 5 atom stereocenters.